The van der Waals surface area contributed by atoms with Gasteiger partial charge in [-0.1, -0.05) is 6.07 Å². The average Bonchev–Trinajstić information content (AvgIpc) is 3.35. The topological polar surface area (TPSA) is 97.1 Å². The van der Waals surface area contributed by atoms with Crippen LogP contribution < -0.4 is 16.3 Å². The van der Waals surface area contributed by atoms with Crippen LogP contribution in [-0.2, 0) is 12.7 Å². The molecule has 0 aliphatic carbocycles. The highest BCUT2D eigenvalue weighted by atomic mass is 19.4. The SMILES string of the molecule is CN=c1ncc2c(C)c(-c3cc(NC(=O)c4cc(C(F)(F)F)ccn4)ccc3C)c3n(c-2n1)CCN3. The number of anilines is 2. The van der Waals surface area contributed by atoms with Crippen LogP contribution in [-0.4, -0.2) is 39.0 Å². The second kappa shape index (κ2) is 8.74. The van der Waals surface area contributed by atoms with Gasteiger partial charge in [-0.05, 0) is 54.8 Å². The monoisotopic (exact) mass is 493 g/mol. The molecule has 2 N–H and O–H groups in total. The summed E-state index contributed by atoms with van der Waals surface area (Å²) in [6, 6.07) is 6.94. The third-order valence-electron chi connectivity index (χ3n) is 6.21. The number of aromatic nitrogens is 4. The molecule has 4 heterocycles. The summed E-state index contributed by atoms with van der Waals surface area (Å²) in [5.74, 6) is 0.949. The molecule has 0 spiro atoms. The lowest BCUT2D eigenvalue weighted by atomic mass is 9.93. The normalized spacial score (nSPS) is 13.6. The molecule has 1 aromatic carbocycles. The van der Waals surface area contributed by atoms with Crippen LogP contribution in [0.15, 0.2) is 47.7 Å². The molecule has 3 aliphatic rings. The van der Waals surface area contributed by atoms with E-state index in [4.69, 9.17) is 0 Å². The maximum absolute atomic E-state index is 13.1. The van der Waals surface area contributed by atoms with Gasteiger partial charge in [-0.3, -0.25) is 14.8 Å². The van der Waals surface area contributed by atoms with Gasteiger partial charge in [0, 0.05) is 49.3 Å². The Morgan fingerprint density at radius 2 is 1.94 bits per heavy atom. The Hall–Kier alpha value is -4.28. The highest BCUT2D eigenvalue weighted by Crippen LogP contribution is 2.42. The number of hydrogen-bond acceptors (Lipinski definition) is 6. The lowest BCUT2D eigenvalue weighted by Crippen LogP contribution is -2.18. The molecule has 0 fully saturated rings. The van der Waals surface area contributed by atoms with Crippen molar-refractivity contribution in [3.63, 3.8) is 0 Å². The van der Waals surface area contributed by atoms with Gasteiger partial charge in [-0.15, -0.1) is 0 Å². The number of alkyl halides is 3. The number of carbonyl (C=O) groups excluding carboxylic acids is 1. The van der Waals surface area contributed by atoms with E-state index in [-0.39, 0.29) is 5.69 Å². The predicted molar refractivity (Wildman–Crippen MR) is 129 cm³/mol. The highest BCUT2D eigenvalue weighted by molar-refractivity contribution is 6.03. The quantitative estimate of drug-likeness (QED) is 0.444. The fourth-order valence-corrected chi connectivity index (χ4v) is 4.41. The molecular weight excluding hydrogens is 471 g/mol. The zero-order valence-corrected chi connectivity index (χ0v) is 19.7. The van der Waals surface area contributed by atoms with E-state index in [2.05, 4.69) is 35.1 Å². The lowest BCUT2D eigenvalue weighted by molar-refractivity contribution is -0.137. The van der Waals surface area contributed by atoms with Gasteiger partial charge >= 0.3 is 6.18 Å². The van der Waals surface area contributed by atoms with E-state index in [0.29, 0.717) is 11.3 Å². The number of aryl methyl sites for hydroxylation is 1. The van der Waals surface area contributed by atoms with Gasteiger partial charge in [0.05, 0.1) is 5.56 Å². The van der Waals surface area contributed by atoms with Gasteiger partial charge in [0.1, 0.15) is 17.3 Å². The van der Waals surface area contributed by atoms with Crippen molar-refractivity contribution in [2.45, 2.75) is 26.6 Å². The molecule has 0 bridgehead atoms. The van der Waals surface area contributed by atoms with Crippen LogP contribution in [0.3, 0.4) is 0 Å². The number of halogens is 3. The minimum atomic E-state index is -4.57. The van der Waals surface area contributed by atoms with Crippen molar-refractivity contribution in [2.24, 2.45) is 4.99 Å². The van der Waals surface area contributed by atoms with Crippen molar-refractivity contribution < 1.29 is 18.0 Å². The largest absolute Gasteiger partial charge is 0.416 e. The standard InChI is InChI=1S/C25H22F3N7O/c1-13-4-5-16(33-23(36)19-10-15(6-7-30-19)25(26,27)28)11-17(13)20-14(2)18-12-32-24(29-3)34-21(18)35-9-8-31-22(20)35/h4-7,10-12,31H,8-9H2,1-3H3,(H,33,36). The van der Waals surface area contributed by atoms with Gasteiger partial charge in [0.2, 0.25) is 5.62 Å². The third-order valence-corrected chi connectivity index (χ3v) is 6.21. The Labute approximate surface area is 204 Å². The van der Waals surface area contributed by atoms with Crippen LogP contribution in [0.1, 0.15) is 27.2 Å². The van der Waals surface area contributed by atoms with E-state index >= 15 is 0 Å². The molecule has 3 aliphatic heterocycles. The Kier molecular flexibility index (Phi) is 5.70. The van der Waals surface area contributed by atoms with E-state index in [1.165, 1.54) is 0 Å². The number of nitrogens with zero attached hydrogens (tertiary/aromatic N) is 5. The summed E-state index contributed by atoms with van der Waals surface area (Å²) >= 11 is 0. The fourth-order valence-electron chi connectivity index (χ4n) is 4.41. The Morgan fingerprint density at radius 3 is 2.69 bits per heavy atom. The zero-order valence-electron chi connectivity index (χ0n) is 19.7. The van der Waals surface area contributed by atoms with Gasteiger partial charge in [0.25, 0.3) is 5.91 Å². The number of rotatable bonds is 3. The summed E-state index contributed by atoms with van der Waals surface area (Å²) in [5, 5.41) is 6.12. The Morgan fingerprint density at radius 1 is 1.14 bits per heavy atom. The van der Waals surface area contributed by atoms with E-state index in [1.807, 2.05) is 26.0 Å². The van der Waals surface area contributed by atoms with Crippen molar-refractivity contribution in [1.29, 1.82) is 0 Å². The third kappa shape index (κ3) is 4.06. The van der Waals surface area contributed by atoms with Crippen LogP contribution in [0, 0.1) is 13.8 Å². The first-order valence-corrected chi connectivity index (χ1v) is 11.2. The van der Waals surface area contributed by atoms with Crippen molar-refractivity contribution >= 4 is 17.4 Å². The predicted octanol–water partition coefficient (Wildman–Crippen LogP) is 4.29. The summed E-state index contributed by atoms with van der Waals surface area (Å²) in [5.41, 5.74) is 4.20. The molecule has 8 nitrogen and oxygen atoms in total. The molecule has 5 rings (SSSR count). The first-order chi connectivity index (χ1) is 17.2. The number of nitrogens with one attached hydrogen (secondary N) is 2. The number of carbonyl (C=O) groups is 1. The van der Waals surface area contributed by atoms with Crippen LogP contribution >= 0.6 is 0 Å². The van der Waals surface area contributed by atoms with E-state index in [9.17, 15) is 18.0 Å². The molecule has 0 atom stereocenters. The number of benzene rings is 1. The van der Waals surface area contributed by atoms with E-state index < -0.39 is 17.6 Å². The van der Waals surface area contributed by atoms with Crippen molar-refractivity contribution in [3.05, 3.63) is 70.7 Å². The maximum atomic E-state index is 13.1. The minimum absolute atomic E-state index is 0.318. The number of hydrogen-bond donors (Lipinski definition) is 2. The molecule has 184 valence electrons. The van der Waals surface area contributed by atoms with Gasteiger partial charge in [-0.2, -0.15) is 18.2 Å². The number of pyridine rings is 2. The van der Waals surface area contributed by atoms with E-state index in [1.54, 1.807) is 19.3 Å². The van der Waals surface area contributed by atoms with Crippen molar-refractivity contribution in [1.82, 2.24) is 19.5 Å². The minimum Gasteiger partial charge on any atom is -0.369 e. The van der Waals surface area contributed by atoms with Crippen LogP contribution in [0.5, 0.6) is 0 Å². The molecule has 1 amide bonds. The van der Waals surface area contributed by atoms with Gasteiger partial charge in [0.15, 0.2) is 0 Å². The molecule has 0 saturated carbocycles. The summed E-state index contributed by atoms with van der Waals surface area (Å²) < 4.78 is 41.3. The molecule has 36 heavy (non-hydrogen) atoms. The average molecular weight is 493 g/mol. The van der Waals surface area contributed by atoms with Crippen molar-refractivity contribution in [2.75, 3.05) is 24.2 Å². The number of amides is 1. The maximum Gasteiger partial charge on any atom is 0.416 e. The second-order valence-corrected chi connectivity index (χ2v) is 8.47. The Bertz CT molecular complexity index is 1540. The molecule has 11 heteroatoms. The Balaban J connectivity index is 1.58. The van der Waals surface area contributed by atoms with Crippen LogP contribution in [0.4, 0.5) is 24.7 Å². The highest BCUT2D eigenvalue weighted by Gasteiger charge is 2.31. The molecule has 2 aromatic rings. The molecule has 0 unspecified atom stereocenters. The summed E-state index contributed by atoms with van der Waals surface area (Å²) in [6.45, 7) is 5.39. The van der Waals surface area contributed by atoms with Gasteiger partial charge in [-0.25, -0.2) is 4.98 Å². The molecule has 1 aromatic heterocycles. The first-order valence-electron chi connectivity index (χ1n) is 11.2. The first kappa shape index (κ1) is 23.5. The van der Waals surface area contributed by atoms with Crippen molar-refractivity contribution in [3.8, 4) is 22.5 Å². The van der Waals surface area contributed by atoms with Crippen LogP contribution in [0.25, 0.3) is 22.5 Å². The number of fused-ring (bicyclic) bond motifs is 3. The fraction of sp³-hybridized carbons (Fsp3) is 0.240. The second-order valence-electron chi connectivity index (χ2n) is 8.47. The van der Waals surface area contributed by atoms with E-state index in [0.717, 1.165) is 70.9 Å². The molecular formula is C25H22F3N7O. The summed E-state index contributed by atoms with van der Waals surface area (Å²) in [7, 11) is 1.64. The zero-order chi connectivity index (χ0) is 25.6. The molecule has 0 saturated heterocycles. The summed E-state index contributed by atoms with van der Waals surface area (Å²) in [4.78, 5) is 29.6. The lowest BCUT2D eigenvalue weighted by Gasteiger charge is -2.22. The van der Waals surface area contributed by atoms with Crippen LogP contribution in [0.2, 0.25) is 0 Å². The molecule has 0 radical (unpaired) electrons. The van der Waals surface area contributed by atoms with Gasteiger partial charge < -0.3 is 15.2 Å². The smallest absolute Gasteiger partial charge is 0.369 e. The summed E-state index contributed by atoms with van der Waals surface area (Å²) in [6.07, 6.45) is -1.83.